The van der Waals surface area contributed by atoms with Gasteiger partial charge >= 0.3 is 0 Å². The van der Waals surface area contributed by atoms with Gasteiger partial charge < -0.3 is 15.0 Å². The standard InChI is InChI=1S/C21H18N4O2/c22-13-15-5-1-4-8-19(15)24-21(26)18-14-23-20(25-9-11-27-12-10-25)17-7-3-2-6-16(17)18/h1-8,14H,9-12H2,(H,24,26). The minimum atomic E-state index is -0.282. The third-order valence-electron chi connectivity index (χ3n) is 4.63. The molecule has 6 heteroatoms. The van der Waals surface area contributed by atoms with E-state index in [-0.39, 0.29) is 5.91 Å². The van der Waals surface area contributed by atoms with Crippen LogP contribution in [0.4, 0.5) is 11.5 Å². The van der Waals surface area contributed by atoms with Gasteiger partial charge in [0, 0.05) is 24.7 Å². The number of nitrogens with zero attached hydrogens (tertiary/aromatic N) is 3. The van der Waals surface area contributed by atoms with Crippen molar-refractivity contribution in [2.24, 2.45) is 0 Å². The molecule has 0 radical (unpaired) electrons. The van der Waals surface area contributed by atoms with E-state index < -0.39 is 0 Å². The van der Waals surface area contributed by atoms with Crippen molar-refractivity contribution in [2.75, 3.05) is 36.5 Å². The number of pyridine rings is 1. The highest BCUT2D eigenvalue weighted by Crippen LogP contribution is 2.28. The Morgan fingerprint density at radius 1 is 1.07 bits per heavy atom. The van der Waals surface area contributed by atoms with E-state index >= 15 is 0 Å². The largest absolute Gasteiger partial charge is 0.378 e. The predicted molar refractivity (Wildman–Crippen MR) is 104 cm³/mol. The van der Waals surface area contributed by atoms with Gasteiger partial charge in [-0.25, -0.2) is 4.98 Å². The SMILES string of the molecule is N#Cc1ccccc1NC(=O)c1cnc(N2CCOCC2)c2ccccc12. The van der Waals surface area contributed by atoms with E-state index in [9.17, 15) is 10.1 Å². The Bertz CT molecular complexity index is 1040. The number of anilines is 2. The van der Waals surface area contributed by atoms with Crippen LogP contribution in [0.1, 0.15) is 15.9 Å². The van der Waals surface area contributed by atoms with Crippen molar-refractivity contribution in [2.45, 2.75) is 0 Å². The van der Waals surface area contributed by atoms with Crippen LogP contribution < -0.4 is 10.2 Å². The van der Waals surface area contributed by atoms with E-state index in [2.05, 4.69) is 21.3 Å². The predicted octanol–water partition coefficient (Wildman–Crippen LogP) is 3.20. The van der Waals surface area contributed by atoms with Gasteiger partial charge in [-0.15, -0.1) is 0 Å². The van der Waals surface area contributed by atoms with Crippen LogP contribution in [-0.2, 0) is 4.74 Å². The molecule has 1 aliphatic rings. The van der Waals surface area contributed by atoms with Gasteiger partial charge in [0.15, 0.2) is 0 Å². The Kier molecular flexibility index (Phi) is 4.69. The summed E-state index contributed by atoms with van der Waals surface area (Å²) in [6, 6.07) is 16.8. The topological polar surface area (TPSA) is 78.2 Å². The molecule has 6 nitrogen and oxygen atoms in total. The number of carbonyl (C=O) groups is 1. The summed E-state index contributed by atoms with van der Waals surface area (Å²) in [4.78, 5) is 19.6. The number of rotatable bonds is 3. The van der Waals surface area contributed by atoms with Crippen LogP contribution in [0.2, 0.25) is 0 Å². The number of nitrogens with one attached hydrogen (secondary N) is 1. The average molecular weight is 358 g/mol. The lowest BCUT2D eigenvalue weighted by atomic mass is 10.1. The molecular weight excluding hydrogens is 340 g/mol. The summed E-state index contributed by atoms with van der Waals surface area (Å²) in [5.41, 5.74) is 1.40. The van der Waals surface area contributed by atoms with Crippen LogP contribution >= 0.6 is 0 Å². The van der Waals surface area contributed by atoms with Crippen molar-refractivity contribution in [1.82, 2.24) is 4.98 Å². The van der Waals surface area contributed by atoms with Gasteiger partial charge in [-0.2, -0.15) is 5.26 Å². The molecule has 1 aromatic heterocycles. The van der Waals surface area contributed by atoms with Crippen LogP contribution in [0, 0.1) is 11.3 Å². The molecule has 0 unspecified atom stereocenters. The van der Waals surface area contributed by atoms with Crippen molar-refractivity contribution in [3.8, 4) is 6.07 Å². The highest BCUT2D eigenvalue weighted by Gasteiger charge is 2.19. The Balaban J connectivity index is 1.72. The van der Waals surface area contributed by atoms with Crippen molar-refractivity contribution in [3.05, 3.63) is 65.9 Å². The van der Waals surface area contributed by atoms with Gasteiger partial charge in [0.05, 0.1) is 30.0 Å². The molecule has 1 amide bonds. The first kappa shape index (κ1) is 17.0. The molecule has 2 aromatic carbocycles. The van der Waals surface area contributed by atoms with E-state index in [1.165, 1.54) is 0 Å². The summed E-state index contributed by atoms with van der Waals surface area (Å²) in [6.07, 6.45) is 1.61. The van der Waals surface area contributed by atoms with Crippen LogP contribution in [0.25, 0.3) is 10.8 Å². The normalized spacial score (nSPS) is 14.0. The van der Waals surface area contributed by atoms with Crippen molar-refractivity contribution >= 4 is 28.2 Å². The number of hydrogen-bond acceptors (Lipinski definition) is 5. The number of ether oxygens (including phenoxy) is 1. The maximum atomic E-state index is 12.9. The van der Waals surface area contributed by atoms with Gasteiger partial charge in [-0.05, 0) is 17.5 Å². The quantitative estimate of drug-likeness (QED) is 0.778. The number of para-hydroxylation sites is 1. The van der Waals surface area contributed by atoms with Crippen LogP contribution in [-0.4, -0.2) is 37.2 Å². The summed E-state index contributed by atoms with van der Waals surface area (Å²) in [7, 11) is 0. The molecule has 0 spiro atoms. The van der Waals surface area contributed by atoms with Crippen molar-refractivity contribution in [1.29, 1.82) is 5.26 Å². The zero-order valence-corrected chi connectivity index (χ0v) is 14.7. The summed E-state index contributed by atoms with van der Waals surface area (Å²) < 4.78 is 5.42. The molecule has 3 aromatic rings. The zero-order chi connectivity index (χ0) is 18.6. The summed E-state index contributed by atoms with van der Waals surface area (Å²) >= 11 is 0. The second-order valence-corrected chi connectivity index (χ2v) is 6.25. The highest BCUT2D eigenvalue weighted by molar-refractivity contribution is 6.14. The van der Waals surface area contributed by atoms with Crippen LogP contribution in [0.5, 0.6) is 0 Å². The lowest BCUT2D eigenvalue weighted by Crippen LogP contribution is -2.37. The Morgan fingerprint density at radius 2 is 1.78 bits per heavy atom. The number of carbonyl (C=O) groups excluding carboxylic acids is 1. The van der Waals surface area contributed by atoms with E-state index in [1.807, 2.05) is 24.3 Å². The molecule has 0 bridgehead atoms. The summed E-state index contributed by atoms with van der Waals surface area (Å²) in [5.74, 6) is 0.581. The lowest BCUT2D eigenvalue weighted by molar-refractivity contribution is 0.102. The third-order valence-corrected chi connectivity index (χ3v) is 4.63. The van der Waals surface area contributed by atoms with E-state index in [1.54, 1.807) is 30.5 Å². The van der Waals surface area contributed by atoms with E-state index in [0.717, 1.165) is 29.7 Å². The van der Waals surface area contributed by atoms with Crippen molar-refractivity contribution < 1.29 is 9.53 Å². The lowest BCUT2D eigenvalue weighted by Gasteiger charge is -2.29. The van der Waals surface area contributed by atoms with Gasteiger partial charge in [-0.3, -0.25) is 4.79 Å². The number of aromatic nitrogens is 1. The summed E-state index contributed by atoms with van der Waals surface area (Å²) in [6.45, 7) is 2.89. The third kappa shape index (κ3) is 3.33. The highest BCUT2D eigenvalue weighted by atomic mass is 16.5. The number of amides is 1. The molecule has 1 saturated heterocycles. The van der Waals surface area contributed by atoms with Gasteiger partial charge in [0.25, 0.3) is 5.91 Å². The first-order valence-electron chi connectivity index (χ1n) is 8.79. The van der Waals surface area contributed by atoms with E-state index in [4.69, 9.17) is 4.74 Å². The minimum Gasteiger partial charge on any atom is -0.378 e. The number of morpholine rings is 1. The second kappa shape index (κ2) is 7.44. The first-order valence-corrected chi connectivity index (χ1v) is 8.79. The molecule has 0 aliphatic carbocycles. The fourth-order valence-corrected chi connectivity index (χ4v) is 3.27. The summed E-state index contributed by atoms with van der Waals surface area (Å²) in [5, 5.41) is 13.8. The number of nitriles is 1. The molecule has 4 rings (SSSR count). The monoisotopic (exact) mass is 358 g/mol. The Morgan fingerprint density at radius 3 is 2.56 bits per heavy atom. The van der Waals surface area contributed by atoms with E-state index in [0.29, 0.717) is 30.0 Å². The number of benzene rings is 2. The zero-order valence-electron chi connectivity index (χ0n) is 14.7. The molecule has 0 saturated carbocycles. The molecular formula is C21H18N4O2. The van der Waals surface area contributed by atoms with Crippen LogP contribution in [0.15, 0.2) is 54.7 Å². The fourth-order valence-electron chi connectivity index (χ4n) is 3.27. The molecule has 1 N–H and O–H groups in total. The van der Waals surface area contributed by atoms with Crippen LogP contribution in [0.3, 0.4) is 0 Å². The maximum absolute atomic E-state index is 12.9. The molecule has 2 heterocycles. The maximum Gasteiger partial charge on any atom is 0.257 e. The molecule has 1 aliphatic heterocycles. The smallest absolute Gasteiger partial charge is 0.257 e. The van der Waals surface area contributed by atoms with Crippen molar-refractivity contribution in [3.63, 3.8) is 0 Å². The minimum absolute atomic E-state index is 0.282. The van der Waals surface area contributed by atoms with Gasteiger partial charge in [-0.1, -0.05) is 36.4 Å². The van der Waals surface area contributed by atoms with Gasteiger partial charge in [0.2, 0.25) is 0 Å². The first-order chi connectivity index (χ1) is 13.3. The number of hydrogen-bond donors (Lipinski definition) is 1. The fraction of sp³-hybridized carbons (Fsp3) is 0.190. The Labute approximate surface area is 157 Å². The second-order valence-electron chi connectivity index (χ2n) is 6.25. The Hall–Kier alpha value is -3.43. The average Bonchev–Trinajstić information content (AvgIpc) is 2.74. The number of fused-ring (bicyclic) bond motifs is 1. The molecule has 27 heavy (non-hydrogen) atoms. The molecule has 0 atom stereocenters. The van der Waals surface area contributed by atoms with Gasteiger partial charge in [0.1, 0.15) is 11.9 Å². The molecule has 1 fully saturated rings. The molecule has 134 valence electrons.